The molecule has 1 saturated carbocycles. The second-order valence-corrected chi connectivity index (χ2v) is 6.40. The molecule has 2 fully saturated rings. The van der Waals surface area contributed by atoms with Gasteiger partial charge in [0.05, 0.1) is 0 Å². The van der Waals surface area contributed by atoms with Crippen LogP contribution in [0.5, 0.6) is 0 Å². The maximum absolute atomic E-state index is 13.0. The van der Waals surface area contributed by atoms with Gasteiger partial charge in [-0.05, 0) is 63.3 Å². The molecule has 3 heteroatoms. The van der Waals surface area contributed by atoms with E-state index in [0.717, 1.165) is 12.5 Å². The Balaban J connectivity index is 1.59. The summed E-state index contributed by atoms with van der Waals surface area (Å²) in [6, 6.07) is 8.98. The molecular weight excluding hydrogens is 251 g/mol. The predicted octanol–water partition coefficient (Wildman–Crippen LogP) is 2.97. The van der Waals surface area contributed by atoms with Crippen molar-refractivity contribution >= 4 is 0 Å². The smallest absolute Gasteiger partial charge is 0.123 e. The molecule has 1 aromatic rings. The number of rotatable bonds is 6. The average Bonchev–Trinajstić information content (AvgIpc) is 3.15. The molecule has 110 valence electrons. The molecule has 0 aromatic heterocycles. The molecule has 0 amide bonds. The molecule has 2 unspecified atom stereocenters. The Morgan fingerprint density at radius 1 is 1.25 bits per heavy atom. The third kappa shape index (κ3) is 3.58. The van der Waals surface area contributed by atoms with Crippen molar-refractivity contribution in [3.8, 4) is 0 Å². The SMILES string of the molecule is CC(Cc1ccc(F)cc1)N(CC1CCCN1)C1CC1. The molecule has 0 spiro atoms. The first-order valence-corrected chi connectivity index (χ1v) is 7.96. The third-order valence-electron chi connectivity index (χ3n) is 4.62. The van der Waals surface area contributed by atoms with Gasteiger partial charge in [0.2, 0.25) is 0 Å². The lowest BCUT2D eigenvalue weighted by molar-refractivity contribution is 0.180. The summed E-state index contributed by atoms with van der Waals surface area (Å²) in [5.74, 6) is -0.143. The monoisotopic (exact) mass is 276 g/mol. The summed E-state index contributed by atoms with van der Waals surface area (Å²) in [4.78, 5) is 2.67. The van der Waals surface area contributed by atoms with Crippen LogP contribution < -0.4 is 5.32 Å². The van der Waals surface area contributed by atoms with Crippen molar-refractivity contribution in [2.75, 3.05) is 13.1 Å². The fraction of sp³-hybridized carbons (Fsp3) is 0.647. The van der Waals surface area contributed by atoms with Crippen LogP contribution in [0, 0.1) is 5.82 Å². The molecule has 2 aliphatic rings. The lowest BCUT2D eigenvalue weighted by Gasteiger charge is -2.31. The maximum atomic E-state index is 13.0. The van der Waals surface area contributed by atoms with Gasteiger partial charge in [0, 0.05) is 24.7 Å². The van der Waals surface area contributed by atoms with Gasteiger partial charge in [-0.2, -0.15) is 0 Å². The Morgan fingerprint density at radius 2 is 2.00 bits per heavy atom. The Kier molecular flexibility index (Phi) is 4.37. The summed E-state index contributed by atoms with van der Waals surface area (Å²) in [6.07, 6.45) is 6.34. The van der Waals surface area contributed by atoms with E-state index in [1.807, 2.05) is 12.1 Å². The van der Waals surface area contributed by atoms with E-state index >= 15 is 0 Å². The van der Waals surface area contributed by atoms with E-state index in [9.17, 15) is 4.39 Å². The second kappa shape index (κ2) is 6.23. The number of nitrogens with zero attached hydrogens (tertiary/aromatic N) is 1. The predicted molar refractivity (Wildman–Crippen MR) is 80.3 cm³/mol. The minimum absolute atomic E-state index is 0.143. The van der Waals surface area contributed by atoms with Crippen LogP contribution in [-0.4, -0.2) is 36.1 Å². The molecule has 1 aromatic carbocycles. The van der Waals surface area contributed by atoms with Gasteiger partial charge in [-0.25, -0.2) is 4.39 Å². The highest BCUT2D eigenvalue weighted by Gasteiger charge is 2.34. The second-order valence-electron chi connectivity index (χ2n) is 6.40. The molecule has 1 heterocycles. The van der Waals surface area contributed by atoms with E-state index in [2.05, 4.69) is 17.1 Å². The van der Waals surface area contributed by atoms with Crippen LogP contribution in [0.1, 0.15) is 38.2 Å². The molecule has 0 radical (unpaired) electrons. The quantitative estimate of drug-likeness (QED) is 0.859. The summed E-state index contributed by atoms with van der Waals surface area (Å²) in [5.41, 5.74) is 1.24. The van der Waals surface area contributed by atoms with Gasteiger partial charge in [-0.1, -0.05) is 12.1 Å². The van der Waals surface area contributed by atoms with Crippen LogP contribution in [0.3, 0.4) is 0 Å². The van der Waals surface area contributed by atoms with Crippen LogP contribution in [0.25, 0.3) is 0 Å². The normalized spacial score (nSPS) is 24.2. The van der Waals surface area contributed by atoms with Crippen LogP contribution in [0.4, 0.5) is 4.39 Å². The molecule has 0 bridgehead atoms. The van der Waals surface area contributed by atoms with Crippen molar-refractivity contribution in [2.24, 2.45) is 0 Å². The van der Waals surface area contributed by atoms with Gasteiger partial charge < -0.3 is 5.32 Å². The van der Waals surface area contributed by atoms with E-state index in [0.29, 0.717) is 12.1 Å². The summed E-state index contributed by atoms with van der Waals surface area (Å²) in [7, 11) is 0. The van der Waals surface area contributed by atoms with Crippen LogP contribution >= 0.6 is 0 Å². The van der Waals surface area contributed by atoms with Gasteiger partial charge in [-0.3, -0.25) is 4.90 Å². The van der Waals surface area contributed by atoms with Crippen molar-refractivity contribution in [3.63, 3.8) is 0 Å². The summed E-state index contributed by atoms with van der Waals surface area (Å²) in [5, 5.41) is 3.60. The Morgan fingerprint density at radius 3 is 2.60 bits per heavy atom. The number of benzene rings is 1. The number of hydrogen-bond donors (Lipinski definition) is 1. The molecule has 1 N–H and O–H groups in total. The highest BCUT2D eigenvalue weighted by atomic mass is 19.1. The van der Waals surface area contributed by atoms with Crippen molar-refractivity contribution in [2.45, 2.75) is 57.2 Å². The van der Waals surface area contributed by atoms with Crippen molar-refractivity contribution in [1.29, 1.82) is 0 Å². The highest BCUT2D eigenvalue weighted by Crippen LogP contribution is 2.30. The molecule has 1 aliphatic heterocycles. The molecule has 2 atom stereocenters. The Hall–Kier alpha value is -0.930. The largest absolute Gasteiger partial charge is 0.313 e. The fourth-order valence-electron chi connectivity index (χ4n) is 3.34. The first kappa shape index (κ1) is 14.0. The lowest BCUT2D eigenvalue weighted by atomic mass is 10.0. The van der Waals surface area contributed by atoms with E-state index in [4.69, 9.17) is 0 Å². The first-order valence-electron chi connectivity index (χ1n) is 7.96. The Labute approximate surface area is 121 Å². The standard InChI is InChI=1S/C17H25FN2/c1-13(11-14-4-6-15(18)7-5-14)20(17-8-9-17)12-16-3-2-10-19-16/h4-7,13,16-17,19H,2-3,8-12H2,1H3. The first-order chi connectivity index (χ1) is 9.72. The topological polar surface area (TPSA) is 15.3 Å². The lowest BCUT2D eigenvalue weighted by Crippen LogP contribution is -2.44. The highest BCUT2D eigenvalue weighted by molar-refractivity contribution is 5.17. The zero-order chi connectivity index (χ0) is 13.9. The van der Waals surface area contributed by atoms with Crippen LogP contribution in [0.15, 0.2) is 24.3 Å². The van der Waals surface area contributed by atoms with Gasteiger partial charge in [0.15, 0.2) is 0 Å². The molecular formula is C17H25FN2. The molecule has 3 rings (SSSR count). The van der Waals surface area contributed by atoms with Gasteiger partial charge in [0.25, 0.3) is 0 Å². The average molecular weight is 276 g/mol. The molecule has 1 aliphatic carbocycles. The van der Waals surface area contributed by atoms with Crippen molar-refractivity contribution in [3.05, 3.63) is 35.6 Å². The van der Waals surface area contributed by atoms with E-state index in [1.165, 1.54) is 44.3 Å². The molecule has 20 heavy (non-hydrogen) atoms. The number of hydrogen-bond acceptors (Lipinski definition) is 2. The van der Waals surface area contributed by atoms with E-state index in [1.54, 1.807) is 12.1 Å². The van der Waals surface area contributed by atoms with Gasteiger partial charge in [-0.15, -0.1) is 0 Å². The van der Waals surface area contributed by atoms with Crippen LogP contribution in [0.2, 0.25) is 0 Å². The Bertz CT molecular complexity index is 421. The summed E-state index contributed by atoms with van der Waals surface area (Å²) < 4.78 is 13.0. The maximum Gasteiger partial charge on any atom is 0.123 e. The zero-order valence-corrected chi connectivity index (χ0v) is 12.3. The fourth-order valence-corrected chi connectivity index (χ4v) is 3.34. The minimum Gasteiger partial charge on any atom is -0.313 e. The van der Waals surface area contributed by atoms with E-state index < -0.39 is 0 Å². The van der Waals surface area contributed by atoms with Crippen molar-refractivity contribution in [1.82, 2.24) is 10.2 Å². The van der Waals surface area contributed by atoms with Gasteiger partial charge >= 0.3 is 0 Å². The summed E-state index contributed by atoms with van der Waals surface area (Å²) >= 11 is 0. The number of nitrogens with one attached hydrogen (secondary N) is 1. The molecule has 1 saturated heterocycles. The number of halogens is 1. The van der Waals surface area contributed by atoms with Gasteiger partial charge in [0.1, 0.15) is 5.82 Å². The van der Waals surface area contributed by atoms with Crippen molar-refractivity contribution < 1.29 is 4.39 Å². The minimum atomic E-state index is -0.143. The zero-order valence-electron chi connectivity index (χ0n) is 12.3. The third-order valence-corrected chi connectivity index (χ3v) is 4.62. The van der Waals surface area contributed by atoms with E-state index in [-0.39, 0.29) is 5.82 Å². The summed E-state index contributed by atoms with van der Waals surface area (Å²) in [6.45, 7) is 4.67. The molecule has 2 nitrogen and oxygen atoms in total. The van der Waals surface area contributed by atoms with Crippen LogP contribution in [-0.2, 0) is 6.42 Å².